The van der Waals surface area contributed by atoms with E-state index < -0.39 is 47.6 Å². The van der Waals surface area contributed by atoms with Crippen LogP contribution in [0.2, 0.25) is 0 Å². The second-order valence-electron chi connectivity index (χ2n) is 6.79. The van der Waals surface area contributed by atoms with Crippen molar-refractivity contribution in [3.05, 3.63) is 32.6 Å². The summed E-state index contributed by atoms with van der Waals surface area (Å²) in [6, 6.07) is -0.921. The van der Waals surface area contributed by atoms with Gasteiger partial charge in [-0.2, -0.15) is 0 Å². The maximum atomic E-state index is 12.7. The standard InChI is InChI=1S/C18H27N3O6/c1-6-7-26-14-10(3)13(16(24)19-11(4)12(5)22)27-17(14)21-8-9(2)15(23)20-18(21)25/h8,10-11,13-14,17H,6-7H2,1-5H3,(H,19,24)(H,20,23,25)/t10-,11?,13-,14?,17-/m0/s1/i4D. The van der Waals surface area contributed by atoms with Crippen LogP contribution in [-0.4, -0.2) is 46.1 Å². The quantitative estimate of drug-likeness (QED) is 0.698. The molecule has 0 aromatic carbocycles. The Labute approximate surface area is 158 Å². The van der Waals surface area contributed by atoms with Gasteiger partial charge in [0.15, 0.2) is 12.0 Å². The number of amides is 1. The van der Waals surface area contributed by atoms with E-state index in [0.717, 1.165) is 6.42 Å². The van der Waals surface area contributed by atoms with Gasteiger partial charge >= 0.3 is 5.69 Å². The molecule has 2 N–H and O–H groups in total. The van der Waals surface area contributed by atoms with Crippen LogP contribution < -0.4 is 16.6 Å². The van der Waals surface area contributed by atoms with Gasteiger partial charge in [0, 0.05) is 25.7 Å². The van der Waals surface area contributed by atoms with Gasteiger partial charge in [-0.05, 0) is 27.2 Å². The van der Waals surface area contributed by atoms with E-state index in [1.165, 1.54) is 17.7 Å². The van der Waals surface area contributed by atoms with Crippen LogP contribution in [0, 0.1) is 12.8 Å². The van der Waals surface area contributed by atoms with Gasteiger partial charge in [0.2, 0.25) is 5.91 Å². The Hall–Kier alpha value is -2.26. The van der Waals surface area contributed by atoms with Crippen LogP contribution in [0.1, 0.15) is 47.3 Å². The number of rotatable bonds is 7. The third-order valence-electron chi connectivity index (χ3n) is 4.56. The third-order valence-corrected chi connectivity index (χ3v) is 4.56. The van der Waals surface area contributed by atoms with Crippen molar-refractivity contribution in [2.24, 2.45) is 5.92 Å². The number of aromatic amines is 1. The topological polar surface area (TPSA) is 119 Å². The molecule has 9 nitrogen and oxygen atoms in total. The highest BCUT2D eigenvalue weighted by molar-refractivity contribution is 5.89. The molecule has 9 heteroatoms. The number of Topliss-reactive ketones (excluding diaryl/α,β-unsaturated/α-hetero) is 1. The van der Waals surface area contributed by atoms with Gasteiger partial charge < -0.3 is 14.8 Å². The fraction of sp³-hybridized carbons (Fsp3) is 0.667. The minimum atomic E-state index is -0.973. The lowest BCUT2D eigenvalue weighted by Crippen LogP contribution is -2.45. The molecule has 0 spiro atoms. The number of ketones is 1. The number of hydrogen-bond acceptors (Lipinski definition) is 6. The normalized spacial score (nSPS) is 26.4. The summed E-state index contributed by atoms with van der Waals surface area (Å²) in [4.78, 5) is 50.4. The summed E-state index contributed by atoms with van der Waals surface area (Å²) in [6.07, 6.45) is -0.377. The number of aromatic nitrogens is 2. The van der Waals surface area contributed by atoms with Crippen LogP contribution in [0.25, 0.3) is 0 Å². The highest BCUT2D eigenvalue weighted by atomic mass is 16.6. The highest BCUT2D eigenvalue weighted by Crippen LogP contribution is 2.35. The molecule has 1 aliphatic heterocycles. The summed E-state index contributed by atoms with van der Waals surface area (Å²) >= 11 is 0. The molecule has 0 aliphatic carbocycles. The molecule has 0 bridgehead atoms. The number of hydrogen-bond donors (Lipinski definition) is 2. The molecule has 1 aromatic rings. The molecule has 0 radical (unpaired) electrons. The Morgan fingerprint density at radius 1 is 1.48 bits per heavy atom. The van der Waals surface area contributed by atoms with Crippen LogP contribution in [-0.2, 0) is 19.1 Å². The molecular weight excluding hydrogens is 354 g/mol. The molecule has 150 valence electrons. The Balaban J connectivity index is 2.34. The number of ether oxygens (including phenoxy) is 2. The minimum absolute atomic E-state index is 0.278. The average Bonchev–Trinajstić information content (AvgIpc) is 2.96. The number of nitrogens with one attached hydrogen (secondary N) is 2. The molecule has 2 unspecified atom stereocenters. The molecule has 1 saturated heterocycles. The summed E-state index contributed by atoms with van der Waals surface area (Å²) < 4.78 is 20.3. The van der Waals surface area contributed by atoms with Gasteiger partial charge in [-0.15, -0.1) is 0 Å². The van der Waals surface area contributed by atoms with Gasteiger partial charge in [-0.25, -0.2) is 4.79 Å². The second-order valence-corrected chi connectivity index (χ2v) is 6.79. The van der Waals surface area contributed by atoms with Crippen molar-refractivity contribution in [3.8, 4) is 0 Å². The van der Waals surface area contributed by atoms with Crippen molar-refractivity contribution in [2.45, 2.75) is 65.5 Å². The highest BCUT2D eigenvalue weighted by Gasteiger charge is 2.47. The fourth-order valence-corrected chi connectivity index (χ4v) is 2.93. The van der Waals surface area contributed by atoms with Crippen LogP contribution in [0.5, 0.6) is 0 Å². The molecular formula is C18H27N3O6. The number of H-pyrrole nitrogens is 1. The summed E-state index contributed by atoms with van der Waals surface area (Å²) in [7, 11) is 0. The lowest BCUT2D eigenvalue weighted by molar-refractivity contribution is -0.138. The zero-order valence-electron chi connectivity index (χ0n) is 17.0. The van der Waals surface area contributed by atoms with Crippen molar-refractivity contribution in [3.63, 3.8) is 0 Å². The third kappa shape index (κ3) is 4.54. The van der Waals surface area contributed by atoms with E-state index in [1.54, 1.807) is 13.8 Å². The minimum Gasteiger partial charge on any atom is -0.373 e. The van der Waals surface area contributed by atoms with Gasteiger partial charge in [-0.3, -0.25) is 23.9 Å². The molecule has 1 amide bonds. The molecule has 0 saturated carbocycles. The van der Waals surface area contributed by atoms with Crippen molar-refractivity contribution in [1.82, 2.24) is 14.9 Å². The first-order valence-electron chi connectivity index (χ1n) is 9.61. The largest absolute Gasteiger partial charge is 0.373 e. The van der Waals surface area contributed by atoms with E-state index in [9.17, 15) is 19.2 Å². The summed E-state index contributed by atoms with van der Waals surface area (Å²) in [5, 5.41) is 2.52. The van der Waals surface area contributed by atoms with E-state index in [4.69, 9.17) is 10.8 Å². The first-order chi connectivity index (χ1) is 13.2. The molecule has 27 heavy (non-hydrogen) atoms. The summed E-state index contributed by atoms with van der Waals surface area (Å²) in [5.74, 6) is -1.28. The molecule has 5 atom stereocenters. The molecule has 1 aliphatic rings. The average molecular weight is 382 g/mol. The Bertz CT molecular complexity index is 835. The lowest BCUT2D eigenvalue weighted by atomic mass is 9.99. The zero-order valence-corrected chi connectivity index (χ0v) is 16.0. The number of carbonyl (C=O) groups is 2. The maximum Gasteiger partial charge on any atom is 0.330 e. The first kappa shape index (κ1) is 19.5. The molecule has 1 aromatic heterocycles. The van der Waals surface area contributed by atoms with Crippen molar-refractivity contribution >= 4 is 11.7 Å². The first-order valence-corrected chi connectivity index (χ1v) is 8.90. The zero-order chi connectivity index (χ0) is 21.0. The van der Waals surface area contributed by atoms with Crippen LogP contribution in [0.4, 0.5) is 0 Å². The van der Waals surface area contributed by atoms with Crippen LogP contribution in [0.3, 0.4) is 0 Å². The molecule has 2 rings (SSSR count). The van der Waals surface area contributed by atoms with Crippen molar-refractivity contribution in [2.75, 3.05) is 6.61 Å². The van der Waals surface area contributed by atoms with Crippen molar-refractivity contribution in [1.29, 1.82) is 0 Å². The van der Waals surface area contributed by atoms with E-state index >= 15 is 0 Å². The Morgan fingerprint density at radius 3 is 2.78 bits per heavy atom. The van der Waals surface area contributed by atoms with Gasteiger partial charge in [0.25, 0.3) is 5.56 Å². The van der Waals surface area contributed by atoms with E-state index in [0.29, 0.717) is 12.2 Å². The van der Waals surface area contributed by atoms with Crippen LogP contribution in [0.15, 0.2) is 15.8 Å². The number of nitrogens with zero attached hydrogens (tertiary/aromatic N) is 1. The van der Waals surface area contributed by atoms with Crippen LogP contribution >= 0.6 is 0 Å². The van der Waals surface area contributed by atoms with E-state index in [1.807, 2.05) is 6.92 Å². The molecule has 2 heterocycles. The van der Waals surface area contributed by atoms with E-state index in [-0.39, 0.29) is 12.7 Å². The van der Waals surface area contributed by atoms with Crippen molar-refractivity contribution < 1.29 is 20.4 Å². The summed E-state index contributed by atoms with van der Waals surface area (Å²) in [6.45, 7) is 6.68. The predicted octanol–water partition coefficient (Wildman–Crippen LogP) is 0.267. The summed E-state index contributed by atoms with van der Waals surface area (Å²) in [5.41, 5.74) is -0.831. The smallest absolute Gasteiger partial charge is 0.330 e. The fourth-order valence-electron chi connectivity index (χ4n) is 2.93. The maximum absolute atomic E-state index is 12.7. The Morgan fingerprint density at radius 2 is 2.19 bits per heavy atom. The lowest BCUT2D eigenvalue weighted by Gasteiger charge is -2.23. The molecule has 1 fully saturated rings. The predicted molar refractivity (Wildman–Crippen MR) is 97.5 cm³/mol. The van der Waals surface area contributed by atoms with Gasteiger partial charge in [0.05, 0.1) is 6.04 Å². The number of carbonyl (C=O) groups excluding carboxylic acids is 2. The SMILES string of the molecule is [2H]CC(NC(=O)[C@H]1O[C@H](n2cc(C)c(=O)[nH]c2=O)C(OCCC)[C@H]1C)C(C)=O. The Kier molecular flexibility index (Phi) is 6.22. The van der Waals surface area contributed by atoms with E-state index in [2.05, 4.69) is 10.3 Å². The second kappa shape index (κ2) is 8.62. The van der Waals surface area contributed by atoms with Gasteiger partial charge in [-0.1, -0.05) is 13.8 Å². The monoisotopic (exact) mass is 382 g/mol. The van der Waals surface area contributed by atoms with Gasteiger partial charge in [0.1, 0.15) is 12.2 Å². The number of aryl methyl sites for hydroxylation is 1.